The summed E-state index contributed by atoms with van der Waals surface area (Å²) in [7, 11) is 0. The Balaban J connectivity index is 2.08. The van der Waals surface area contributed by atoms with Gasteiger partial charge in [-0.2, -0.15) is 0 Å². The molecule has 0 bridgehead atoms. The average Bonchev–Trinajstić information content (AvgIpc) is 2.45. The maximum absolute atomic E-state index is 12.3. The van der Waals surface area contributed by atoms with Gasteiger partial charge in [-0.25, -0.2) is 0 Å². The van der Waals surface area contributed by atoms with E-state index in [0.29, 0.717) is 13.0 Å². The zero-order valence-corrected chi connectivity index (χ0v) is 13.5. The van der Waals surface area contributed by atoms with Crippen molar-refractivity contribution in [1.82, 2.24) is 5.32 Å². The first-order valence-electron chi connectivity index (χ1n) is 8.05. The van der Waals surface area contributed by atoms with Gasteiger partial charge in [0.1, 0.15) is 0 Å². The minimum Gasteiger partial charge on any atom is -0.354 e. The Morgan fingerprint density at radius 1 is 1.43 bits per heavy atom. The van der Waals surface area contributed by atoms with Crippen LogP contribution in [-0.2, 0) is 16.6 Å². The van der Waals surface area contributed by atoms with Gasteiger partial charge >= 0.3 is 0 Å². The second-order valence-electron chi connectivity index (χ2n) is 6.92. The van der Waals surface area contributed by atoms with E-state index < -0.39 is 5.54 Å². The van der Waals surface area contributed by atoms with E-state index in [-0.39, 0.29) is 11.3 Å². The second-order valence-corrected chi connectivity index (χ2v) is 6.92. The summed E-state index contributed by atoms with van der Waals surface area (Å²) in [5.74, 6) is -0.0337. The molecule has 2 unspecified atom stereocenters. The molecule has 0 aliphatic heterocycles. The highest BCUT2D eigenvalue weighted by Crippen LogP contribution is 2.36. The van der Waals surface area contributed by atoms with Crippen LogP contribution < -0.4 is 11.1 Å². The molecular weight excluding hydrogens is 260 g/mol. The molecule has 21 heavy (non-hydrogen) atoms. The van der Waals surface area contributed by atoms with Crippen molar-refractivity contribution in [2.75, 3.05) is 6.54 Å². The molecule has 0 heterocycles. The van der Waals surface area contributed by atoms with Crippen molar-refractivity contribution in [3.8, 4) is 0 Å². The summed E-state index contributed by atoms with van der Waals surface area (Å²) in [5, 5.41) is 3.09. The SMILES string of the molecule is CCCC(C)(N)C(=O)NCC1(C)CCCc2ccccc21. The summed E-state index contributed by atoms with van der Waals surface area (Å²) in [6.07, 6.45) is 5.06. The lowest BCUT2D eigenvalue weighted by Gasteiger charge is -2.37. The Kier molecular flexibility index (Phi) is 4.72. The second kappa shape index (κ2) is 6.18. The third kappa shape index (κ3) is 3.46. The number of hydrogen-bond acceptors (Lipinski definition) is 2. The predicted molar refractivity (Wildman–Crippen MR) is 87.2 cm³/mol. The molecule has 3 N–H and O–H groups in total. The van der Waals surface area contributed by atoms with Crippen LogP contribution in [0.1, 0.15) is 57.6 Å². The quantitative estimate of drug-likeness (QED) is 0.875. The third-order valence-electron chi connectivity index (χ3n) is 4.77. The van der Waals surface area contributed by atoms with Crippen molar-refractivity contribution in [3.05, 3.63) is 35.4 Å². The monoisotopic (exact) mass is 288 g/mol. The summed E-state index contributed by atoms with van der Waals surface area (Å²) >= 11 is 0. The van der Waals surface area contributed by atoms with Crippen LogP contribution >= 0.6 is 0 Å². The molecule has 0 saturated heterocycles. The zero-order valence-electron chi connectivity index (χ0n) is 13.5. The number of rotatable bonds is 5. The van der Waals surface area contributed by atoms with Crippen LogP contribution in [0.3, 0.4) is 0 Å². The van der Waals surface area contributed by atoms with E-state index in [1.54, 1.807) is 0 Å². The van der Waals surface area contributed by atoms with E-state index in [1.165, 1.54) is 17.5 Å². The van der Waals surface area contributed by atoms with Crippen LogP contribution in [0.5, 0.6) is 0 Å². The smallest absolute Gasteiger partial charge is 0.239 e. The fourth-order valence-corrected chi connectivity index (χ4v) is 3.42. The van der Waals surface area contributed by atoms with Crippen LogP contribution in [0.4, 0.5) is 0 Å². The number of aryl methyl sites for hydroxylation is 1. The molecule has 1 aromatic carbocycles. The van der Waals surface area contributed by atoms with Crippen molar-refractivity contribution in [1.29, 1.82) is 0 Å². The van der Waals surface area contributed by atoms with Gasteiger partial charge in [-0.15, -0.1) is 0 Å². The van der Waals surface area contributed by atoms with E-state index >= 15 is 0 Å². The summed E-state index contributed by atoms with van der Waals surface area (Å²) in [5.41, 5.74) is 8.17. The maximum Gasteiger partial charge on any atom is 0.239 e. The Morgan fingerprint density at radius 2 is 2.14 bits per heavy atom. The predicted octanol–water partition coefficient (Wildman–Crippen LogP) is 2.91. The number of nitrogens with one attached hydrogen (secondary N) is 1. The van der Waals surface area contributed by atoms with Crippen LogP contribution in [0.2, 0.25) is 0 Å². The number of fused-ring (bicyclic) bond motifs is 1. The molecule has 0 radical (unpaired) electrons. The van der Waals surface area contributed by atoms with Crippen molar-refractivity contribution < 1.29 is 4.79 Å². The minimum absolute atomic E-state index is 0.0206. The Morgan fingerprint density at radius 3 is 2.86 bits per heavy atom. The molecule has 2 atom stereocenters. The van der Waals surface area contributed by atoms with E-state index in [0.717, 1.165) is 19.3 Å². The third-order valence-corrected chi connectivity index (χ3v) is 4.77. The average molecular weight is 288 g/mol. The van der Waals surface area contributed by atoms with E-state index in [4.69, 9.17) is 5.73 Å². The van der Waals surface area contributed by atoms with Gasteiger partial charge in [-0.1, -0.05) is 44.5 Å². The maximum atomic E-state index is 12.3. The van der Waals surface area contributed by atoms with Crippen molar-refractivity contribution in [2.24, 2.45) is 5.73 Å². The van der Waals surface area contributed by atoms with Crippen molar-refractivity contribution in [3.63, 3.8) is 0 Å². The number of benzene rings is 1. The van der Waals surface area contributed by atoms with Gasteiger partial charge < -0.3 is 11.1 Å². The molecule has 0 spiro atoms. The van der Waals surface area contributed by atoms with E-state index in [2.05, 4.69) is 43.4 Å². The van der Waals surface area contributed by atoms with Crippen molar-refractivity contribution in [2.45, 2.75) is 63.8 Å². The first-order valence-corrected chi connectivity index (χ1v) is 8.05. The van der Waals surface area contributed by atoms with Gasteiger partial charge in [-0.3, -0.25) is 4.79 Å². The van der Waals surface area contributed by atoms with Gasteiger partial charge in [0.15, 0.2) is 0 Å². The summed E-state index contributed by atoms with van der Waals surface area (Å²) in [6, 6.07) is 8.60. The normalized spacial score (nSPS) is 24.0. The zero-order chi connectivity index (χ0) is 15.5. The Hall–Kier alpha value is -1.35. The van der Waals surface area contributed by atoms with Gasteiger partial charge in [0.2, 0.25) is 5.91 Å². The molecule has 3 nitrogen and oxygen atoms in total. The highest BCUT2D eigenvalue weighted by Gasteiger charge is 2.34. The van der Waals surface area contributed by atoms with Crippen LogP contribution in [0, 0.1) is 0 Å². The first kappa shape index (κ1) is 16.0. The lowest BCUT2D eigenvalue weighted by atomic mass is 9.71. The molecule has 116 valence electrons. The largest absolute Gasteiger partial charge is 0.354 e. The molecule has 1 aliphatic rings. The van der Waals surface area contributed by atoms with Crippen LogP contribution in [0.25, 0.3) is 0 Å². The fraction of sp³-hybridized carbons (Fsp3) is 0.611. The fourth-order valence-electron chi connectivity index (χ4n) is 3.42. The molecule has 3 heteroatoms. The summed E-state index contributed by atoms with van der Waals surface area (Å²) in [4.78, 5) is 12.3. The van der Waals surface area contributed by atoms with Gasteiger partial charge in [-0.05, 0) is 43.7 Å². The van der Waals surface area contributed by atoms with Crippen LogP contribution in [-0.4, -0.2) is 18.0 Å². The molecule has 1 amide bonds. The first-order chi connectivity index (χ1) is 9.89. The molecule has 1 aromatic rings. The number of carbonyl (C=O) groups excluding carboxylic acids is 1. The minimum atomic E-state index is -0.765. The van der Waals surface area contributed by atoms with Gasteiger partial charge in [0.25, 0.3) is 0 Å². The molecule has 0 saturated carbocycles. The van der Waals surface area contributed by atoms with Crippen LogP contribution in [0.15, 0.2) is 24.3 Å². The van der Waals surface area contributed by atoms with Crippen molar-refractivity contribution >= 4 is 5.91 Å². The van der Waals surface area contributed by atoms with E-state index in [9.17, 15) is 4.79 Å². The summed E-state index contributed by atoms with van der Waals surface area (Å²) < 4.78 is 0. The highest BCUT2D eigenvalue weighted by molar-refractivity contribution is 5.85. The molecule has 0 fully saturated rings. The Labute approximate surface area is 128 Å². The molecule has 0 aromatic heterocycles. The lowest BCUT2D eigenvalue weighted by molar-refractivity contribution is -0.126. The molecule has 2 rings (SSSR count). The molecule has 1 aliphatic carbocycles. The molecular formula is C18H28N2O. The van der Waals surface area contributed by atoms with Gasteiger partial charge in [0.05, 0.1) is 5.54 Å². The number of hydrogen-bond donors (Lipinski definition) is 2. The van der Waals surface area contributed by atoms with E-state index in [1.807, 2.05) is 6.92 Å². The number of amides is 1. The summed E-state index contributed by atoms with van der Waals surface area (Å²) in [6.45, 7) is 6.79. The highest BCUT2D eigenvalue weighted by atomic mass is 16.2. The Bertz CT molecular complexity index is 510. The lowest BCUT2D eigenvalue weighted by Crippen LogP contribution is -2.54. The number of carbonyl (C=O) groups is 1. The topological polar surface area (TPSA) is 55.1 Å². The van der Waals surface area contributed by atoms with Gasteiger partial charge in [0, 0.05) is 12.0 Å². The standard InChI is InChI=1S/C18H28N2O/c1-4-11-18(3,19)16(21)20-13-17(2)12-7-9-14-8-5-6-10-15(14)17/h5-6,8,10H,4,7,9,11-13,19H2,1-3H3,(H,20,21). The number of nitrogens with two attached hydrogens (primary N) is 1.